The number of hydrogen-bond acceptors (Lipinski definition) is 4. The molecule has 1 saturated carbocycles. The molecule has 40 heavy (non-hydrogen) atoms. The van der Waals surface area contributed by atoms with E-state index in [1.807, 2.05) is 31.2 Å². The molecule has 1 aliphatic carbocycles. The number of nitrogens with one attached hydrogen (secondary N) is 1. The molecule has 9 heteroatoms. The number of hydrogen-bond donors (Lipinski definition) is 1. The number of halogens is 1. The number of aryl methyl sites for hydroxylation is 1. The maximum Gasteiger partial charge on any atom is 0.264 e. The topological polar surface area (TPSA) is 86.8 Å². The molecule has 0 saturated heterocycles. The lowest BCUT2D eigenvalue weighted by Crippen LogP contribution is -2.53. The van der Waals surface area contributed by atoms with Gasteiger partial charge in [0.15, 0.2) is 0 Å². The van der Waals surface area contributed by atoms with Crippen LogP contribution in [0.25, 0.3) is 0 Å². The Balaban J connectivity index is 1.68. The van der Waals surface area contributed by atoms with Crippen LogP contribution in [0.4, 0.5) is 5.69 Å². The molecular weight excluding hydrogens is 546 g/mol. The van der Waals surface area contributed by atoms with Gasteiger partial charge < -0.3 is 10.2 Å². The van der Waals surface area contributed by atoms with Crippen LogP contribution in [0, 0.1) is 6.92 Å². The Kier molecular flexibility index (Phi) is 9.87. The standard InChI is InChI=1S/C31H36ClN3O4S/c1-23-13-9-10-14-25(23)21-34(24(2)31(37)33-26-15-5-3-6-16-26)30(36)22-35(29-20-12-11-19-28(29)32)40(38,39)27-17-7-4-8-18-27/h4,7-14,17-20,24,26H,3,5-6,15-16,21-22H2,1-2H3,(H,33,37)/t24-/m1/s1. The van der Waals surface area contributed by atoms with E-state index in [9.17, 15) is 18.0 Å². The van der Waals surface area contributed by atoms with Crippen LogP contribution in [0.3, 0.4) is 0 Å². The summed E-state index contributed by atoms with van der Waals surface area (Å²) >= 11 is 6.45. The highest BCUT2D eigenvalue weighted by atomic mass is 35.5. The molecule has 1 N–H and O–H groups in total. The van der Waals surface area contributed by atoms with Gasteiger partial charge in [-0.1, -0.05) is 85.5 Å². The summed E-state index contributed by atoms with van der Waals surface area (Å²) in [6.45, 7) is 3.28. The zero-order valence-corrected chi connectivity index (χ0v) is 24.5. The number of rotatable bonds is 10. The smallest absolute Gasteiger partial charge is 0.264 e. The zero-order chi connectivity index (χ0) is 28.7. The Morgan fingerprint density at radius 3 is 2.23 bits per heavy atom. The largest absolute Gasteiger partial charge is 0.352 e. The van der Waals surface area contributed by atoms with E-state index >= 15 is 0 Å². The summed E-state index contributed by atoms with van der Waals surface area (Å²) in [4.78, 5) is 29.0. The molecule has 1 fully saturated rings. The van der Waals surface area contributed by atoms with E-state index in [1.54, 1.807) is 49.4 Å². The fourth-order valence-corrected chi connectivity index (χ4v) is 6.75. The summed E-state index contributed by atoms with van der Waals surface area (Å²) in [7, 11) is -4.15. The van der Waals surface area contributed by atoms with Crippen LogP contribution in [0.15, 0.2) is 83.8 Å². The Morgan fingerprint density at radius 1 is 0.925 bits per heavy atom. The van der Waals surface area contributed by atoms with Crippen LogP contribution in [0.2, 0.25) is 5.02 Å². The maximum absolute atomic E-state index is 14.1. The minimum atomic E-state index is -4.15. The van der Waals surface area contributed by atoms with E-state index in [4.69, 9.17) is 11.6 Å². The minimum Gasteiger partial charge on any atom is -0.352 e. The van der Waals surface area contributed by atoms with Gasteiger partial charge in [0, 0.05) is 12.6 Å². The highest BCUT2D eigenvalue weighted by molar-refractivity contribution is 7.92. The second-order valence-electron chi connectivity index (χ2n) is 10.2. The van der Waals surface area contributed by atoms with Gasteiger partial charge in [-0.25, -0.2) is 8.42 Å². The predicted octanol–water partition coefficient (Wildman–Crippen LogP) is 5.71. The third-order valence-corrected chi connectivity index (χ3v) is 9.55. The number of carbonyl (C=O) groups excluding carboxylic acids is 2. The van der Waals surface area contributed by atoms with Crippen LogP contribution in [-0.2, 0) is 26.2 Å². The third kappa shape index (κ3) is 7.04. The van der Waals surface area contributed by atoms with E-state index in [1.165, 1.54) is 17.0 Å². The van der Waals surface area contributed by atoms with Crippen LogP contribution >= 0.6 is 11.6 Å². The van der Waals surface area contributed by atoms with Crippen LogP contribution < -0.4 is 9.62 Å². The first-order valence-electron chi connectivity index (χ1n) is 13.6. The van der Waals surface area contributed by atoms with Crippen LogP contribution in [0.1, 0.15) is 50.2 Å². The van der Waals surface area contributed by atoms with Gasteiger partial charge in [-0.2, -0.15) is 0 Å². The molecule has 0 bridgehead atoms. The maximum atomic E-state index is 14.1. The number of benzene rings is 3. The number of amides is 2. The van der Waals surface area contributed by atoms with Gasteiger partial charge in [-0.05, 0) is 62.1 Å². The summed E-state index contributed by atoms with van der Waals surface area (Å²) in [5.41, 5.74) is 2.04. The van der Waals surface area contributed by atoms with Gasteiger partial charge in [0.05, 0.1) is 15.6 Å². The molecule has 3 aromatic rings. The van der Waals surface area contributed by atoms with Gasteiger partial charge in [0.1, 0.15) is 12.6 Å². The van der Waals surface area contributed by atoms with Gasteiger partial charge in [-0.15, -0.1) is 0 Å². The first kappa shape index (κ1) is 29.6. The lowest BCUT2D eigenvalue weighted by Gasteiger charge is -2.33. The molecule has 0 radical (unpaired) electrons. The van der Waals surface area contributed by atoms with E-state index < -0.39 is 28.5 Å². The Hall–Kier alpha value is -3.36. The van der Waals surface area contributed by atoms with Crippen LogP contribution in [0.5, 0.6) is 0 Å². The summed E-state index contributed by atoms with van der Waals surface area (Å²) in [5, 5.41) is 3.32. The molecule has 1 atom stereocenters. The highest BCUT2D eigenvalue weighted by Crippen LogP contribution is 2.31. The normalized spacial score (nSPS) is 14.8. The summed E-state index contributed by atoms with van der Waals surface area (Å²) < 4.78 is 28.7. The second-order valence-corrected chi connectivity index (χ2v) is 12.5. The molecule has 2 amide bonds. The predicted molar refractivity (Wildman–Crippen MR) is 159 cm³/mol. The fraction of sp³-hybridized carbons (Fsp3) is 0.355. The van der Waals surface area contributed by atoms with Crippen molar-refractivity contribution in [1.29, 1.82) is 0 Å². The van der Waals surface area contributed by atoms with E-state index in [0.717, 1.165) is 47.5 Å². The molecule has 0 unspecified atom stereocenters. The van der Waals surface area contributed by atoms with E-state index in [-0.39, 0.29) is 34.1 Å². The summed E-state index contributed by atoms with van der Waals surface area (Å²) in [5.74, 6) is -0.752. The first-order valence-corrected chi connectivity index (χ1v) is 15.5. The summed E-state index contributed by atoms with van der Waals surface area (Å²) in [6, 6.07) is 21.4. The van der Waals surface area contributed by atoms with Crippen molar-refractivity contribution in [3.63, 3.8) is 0 Å². The van der Waals surface area contributed by atoms with E-state index in [0.29, 0.717) is 0 Å². The number of para-hydroxylation sites is 1. The van der Waals surface area contributed by atoms with Crippen molar-refractivity contribution in [3.05, 3.63) is 95.0 Å². The molecular formula is C31H36ClN3O4S. The van der Waals surface area contributed by atoms with Crippen molar-refractivity contribution in [2.45, 2.75) is 69.5 Å². The highest BCUT2D eigenvalue weighted by Gasteiger charge is 2.34. The van der Waals surface area contributed by atoms with Crippen molar-refractivity contribution in [2.24, 2.45) is 0 Å². The number of anilines is 1. The average Bonchev–Trinajstić information content (AvgIpc) is 2.96. The Bertz CT molecular complexity index is 1430. The molecule has 0 aromatic heterocycles. The second kappa shape index (κ2) is 13.3. The molecule has 212 valence electrons. The van der Waals surface area contributed by atoms with Gasteiger partial charge in [0.25, 0.3) is 10.0 Å². The van der Waals surface area contributed by atoms with Gasteiger partial charge in [-0.3, -0.25) is 13.9 Å². The van der Waals surface area contributed by atoms with Crippen molar-refractivity contribution >= 4 is 39.1 Å². The molecule has 7 nitrogen and oxygen atoms in total. The lowest BCUT2D eigenvalue weighted by molar-refractivity contribution is -0.139. The number of carbonyl (C=O) groups is 2. The Morgan fingerprint density at radius 2 is 1.55 bits per heavy atom. The molecule has 0 heterocycles. The van der Waals surface area contributed by atoms with Crippen molar-refractivity contribution in [2.75, 3.05) is 10.8 Å². The Labute approximate surface area is 242 Å². The fourth-order valence-electron chi connectivity index (χ4n) is 5.01. The molecule has 0 aliphatic heterocycles. The summed E-state index contributed by atoms with van der Waals surface area (Å²) in [6.07, 6.45) is 5.12. The first-order chi connectivity index (χ1) is 19.2. The monoisotopic (exact) mass is 581 g/mol. The van der Waals surface area contributed by atoms with Crippen molar-refractivity contribution in [3.8, 4) is 0 Å². The van der Waals surface area contributed by atoms with Gasteiger partial charge in [0.2, 0.25) is 11.8 Å². The van der Waals surface area contributed by atoms with Crippen molar-refractivity contribution in [1.82, 2.24) is 10.2 Å². The molecule has 3 aromatic carbocycles. The molecule has 4 rings (SSSR count). The van der Waals surface area contributed by atoms with Crippen LogP contribution in [-0.4, -0.2) is 43.8 Å². The number of nitrogens with zero attached hydrogens (tertiary/aromatic N) is 2. The molecule has 0 spiro atoms. The van der Waals surface area contributed by atoms with E-state index in [2.05, 4.69) is 5.32 Å². The van der Waals surface area contributed by atoms with Gasteiger partial charge >= 0.3 is 0 Å². The quantitative estimate of drug-likeness (QED) is 0.332. The molecule has 1 aliphatic rings. The third-order valence-electron chi connectivity index (χ3n) is 7.45. The SMILES string of the molecule is Cc1ccccc1CN(C(=O)CN(c1ccccc1Cl)S(=O)(=O)c1ccccc1)[C@H](C)C(=O)NC1CCCCC1. The van der Waals surface area contributed by atoms with Crippen molar-refractivity contribution < 1.29 is 18.0 Å². The number of sulfonamides is 1. The minimum absolute atomic E-state index is 0.0382. The lowest BCUT2D eigenvalue weighted by atomic mass is 9.95. The average molecular weight is 582 g/mol. The zero-order valence-electron chi connectivity index (χ0n) is 22.9.